The number of nitrogens with zero attached hydrogens (tertiary/aromatic N) is 4. The fourth-order valence-electron chi connectivity index (χ4n) is 2.57. The number of esters is 1. The van der Waals surface area contributed by atoms with E-state index >= 15 is 0 Å². The highest BCUT2D eigenvalue weighted by molar-refractivity contribution is 6.03. The average molecular weight is 372 g/mol. The van der Waals surface area contributed by atoms with Crippen LogP contribution in [0, 0.1) is 0 Å². The van der Waals surface area contributed by atoms with Crippen LogP contribution in [-0.2, 0) is 4.74 Å². The average Bonchev–Trinajstić information content (AvgIpc) is 2.73. The normalized spacial score (nSPS) is 13.8. The molecule has 142 valence electrons. The van der Waals surface area contributed by atoms with E-state index in [0.29, 0.717) is 17.5 Å². The van der Waals surface area contributed by atoms with Gasteiger partial charge in [0.05, 0.1) is 31.7 Å². The fraction of sp³-hybridized carbons (Fsp3) is 0.353. The molecule has 1 saturated heterocycles. The molecule has 1 fully saturated rings. The van der Waals surface area contributed by atoms with Crippen LogP contribution in [0.15, 0.2) is 24.5 Å². The lowest BCUT2D eigenvalue weighted by atomic mass is 10.2. The van der Waals surface area contributed by atoms with E-state index in [1.54, 1.807) is 0 Å². The molecule has 10 heteroatoms. The Morgan fingerprint density at radius 3 is 2.63 bits per heavy atom. The summed E-state index contributed by atoms with van der Waals surface area (Å²) in [5.74, 6) is -0.272. The fourth-order valence-corrected chi connectivity index (χ4v) is 2.57. The van der Waals surface area contributed by atoms with E-state index in [1.807, 2.05) is 4.90 Å². The van der Waals surface area contributed by atoms with Gasteiger partial charge in [-0.3, -0.25) is 9.78 Å². The Hall–Kier alpha value is -3.27. The number of rotatable bonds is 5. The Balaban J connectivity index is 1.82. The summed E-state index contributed by atoms with van der Waals surface area (Å²) >= 11 is 0. The summed E-state index contributed by atoms with van der Waals surface area (Å²) in [6, 6.07) is 2.94. The third kappa shape index (κ3) is 4.47. The lowest BCUT2D eigenvalue weighted by Gasteiger charge is -2.27. The highest BCUT2D eigenvalue weighted by Gasteiger charge is 2.19. The van der Waals surface area contributed by atoms with E-state index in [9.17, 15) is 9.59 Å². The van der Waals surface area contributed by atoms with E-state index in [-0.39, 0.29) is 11.3 Å². The first-order valence-electron chi connectivity index (χ1n) is 8.34. The van der Waals surface area contributed by atoms with Crippen molar-refractivity contribution >= 4 is 23.5 Å². The highest BCUT2D eigenvalue weighted by Crippen LogP contribution is 2.18. The molecule has 1 amide bonds. The number of hydrogen-bond donors (Lipinski definition) is 2. The molecule has 0 atom stereocenters. The molecule has 10 nitrogen and oxygen atoms in total. The Morgan fingerprint density at radius 1 is 1.15 bits per heavy atom. The molecule has 27 heavy (non-hydrogen) atoms. The summed E-state index contributed by atoms with van der Waals surface area (Å²) in [5.41, 5.74) is 0.736. The smallest absolute Gasteiger partial charge is 0.339 e. The van der Waals surface area contributed by atoms with Gasteiger partial charge >= 0.3 is 5.97 Å². The van der Waals surface area contributed by atoms with Gasteiger partial charge in [-0.25, -0.2) is 9.78 Å². The Bertz CT molecular complexity index is 838. The minimum atomic E-state index is -0.539. The van der Waals surface area contributed by atoms with Crippen molar-refractivity contribution < 1.29 is 19.1 Å². The molecule has 3 rings (SSSR count). The van der Waals surface area contributed by atoms with E-state index < -0.39 is 11.9 Å². The number of ether oxygens (including phenoxy) is 2. The number of aromatic nitrogens is 3. The second-order valence-electron chi connectivity index (χ2n) is 5.74. The van der Waals surface area contributed by atoms with Gasteiger partial charge in [-0.15, -0.1) is 0 Å². The van der Waals surface area contributed by atoms with Crippen molar-refractivity contribution in [3.8, 4) is 5.88 Å². The molecule has 0 aliphatic carbocycles. The van der Waals surface area contributed by atoms with Gasteiger partial charge in [-0.2, -0.15) is 4.98 Å². The van der Waals surface area contributed by atoms with Crippen molar-refractivity contribution in [3.63, 3.8) is 0 Å². The van der Waals surface area contributed by atoms with E-state index in [0.717, 1.165) is 26.2 Å². The zero-order valence-electron chi connectivity index (χ0n) is 15.1. The van der Waals surface area contributed by atoms with Crippen molar-refractivity contribution in [2.24, 2.45) is 0 Å². The maximum absolute atomic E-state index is 12.6. The second-order valence-corrected chi connectivity index (χ2v) is 5.74. The summed E-state index contributed by atoms with van der Waals surface area (Å²) in [7, 11) is 2.76. The number of hydrogen-bond acceptors (Lipinski definition) is 9. The summed E-state index contributed by atoms with van der Waals surface area (Å²) in [6.45, 7) is 3.10. The van der Waals surface area contributed by atoms with Crippen LogP contribution in [0.1, 0.15) is 20.8 Å². The van der Waals surface area contributed by atoms with Crippen LogP contribution in [0.4, 0.5) is 11.6 Å². The first kappa shape index (κ1) is 18.5. The highest BCUT2D eigenvalue weighted by atomic mass is 16.5. The third-order valence-electron chi connectivity index (χ3n) is 3.95. The quantitative estimate of drug-likeness (QED) is 0.716. The van der Waals surface area contributed by atoms with Crippen molar-refractivity contribution in [1.82, 2.24) is 20.3 Å². The van der Waals surface area contributed by atoms with Gasteiger partial charge < -0.3 is 25.0 Å². The number of amides is 1. The van der Waals surface area contributed by atoms with Crippen LogP contribution in [-0.4, -0.2) is 67.2 Å². The van der Waals surface area contributed by atoms with Crippen molar-refractivity contribution in [2.75, 3.05) is 50.6 Å². The van der Waals surface area contributed by atoms with Crippen LogP contribution in [0.2, 0.25) is 0 Å². The SMILES string of the molecule is COC(=O)c1cncc(NC(=O)c2cc(OC)nc(N3CCNCC3)n2)c1. The standard InChI is InChI=1S/C17H20N6O4/c1-26-14-8-13(21-17(22-14)23-5-3-18-4-6-23)15(24)20-12-7-11(9-19-10-12)16(25)27-2/h7-10,18H,3-6H2,1-2H3,(H,20,24). The molecule has 1 aliphatic heterocycles. The van der Waals surface area contributed by atoms with Crippen LogP contribution in [0.25, 0.3) is 0 Å². The number of nitrogens with one attached hydrogen (secondary N) is 2. The van der Waals surface area contributed by atoms with Crippen LogP contribution in [0.3, 0.4) is 0 Å². The zero-order valence-corrected chi connectivity index (χ0v) is 15.1. The van der Waals surface area contributed by atoms with Crippen molar-refractivity contribution in [1.29, 1.82) is 0 Å². The Labute approximate surface area is 155 Å². The van der Waals surface area contributed by atoms with Gasteiger partial charge in [0, 0.05) is 38.4 Å². The second kappa shape index (κ2) is 8.41. The number of carbonyl (C=O) groups excluding carboxylic acids is 2. The number of piperazine rings is 1. The molecule has 0 spiro atoms. The molecule has 2 aromatic heterocycles. The summed E-state index contributed by atoms with van der Waals surface area (Å²) < 4.78 is 9.86. The molecular weight excluding hydrogens is 352 g/mol. The number of methoxy groups -OCH3 is 2. The number of pyridine rings is 1. The minimum Gasteiger partial charge on any atom is -0.481 e. The number of carbonyl (C=O) groups is 2. The molecule has 2 aromatic rings. The van der Waals surface area contributed by atoms with Gasteiger partial charge in [-0.1, -0.05) is 0 Å². The lowest BCUT2D eigenvalue weighted by Crippen LogP contribution is -2.44. The first-order valence-corrected chi connectivity index (χ1v) is 8.34. The van der Waals surface area contributed by atoms with E-state index in [4.69, 9.17) is 4.74 Å². The van der Waals surface area contributed by atoms with Crippen LogP contribution < -0.4 is 20.3 Å². The molecule has 0 unspecified atom stereocenters. The summed E-state index contributed by atoms with van der Waals surface area (Å²) in [5, 5.41) is 5.92. The first-order chi connectivity index (χ1) is 13.1. The molecule has 0 radical (unpaired) electrons. The largest absolute Gasteiger partial charge is 0.481 e. The molecule has 0 saturated carbocycles. The predicted octanol–water partition coefficient (Wildman–Crippen LogP) is 0.329. The van der Waals surface area contributed by atoms with Crippen molar-refractivity contribution in [3.05, 3.63) is 35.8 Å². The van der Waals surface area contributed by atoms with Crippen molar-refractivity contribution in [2.45, 2.75) is 0 Å². The van der Waals surface area contributed by atoms with Crippen LogP contribution >= 0.6 is 0 Å². The van der Waals surface area contributed by atoms with Crippen LogP contribution in [0.5, 0.6) is 5.88 Å². The van der Waals surface area contributed by atoms with E-state index in [2.05, 4.69) is 30.3 Å². The van der Waals surface area contributed by atoms with Gasteiger partial charge in [0.1, 0.15) is 5.69 Å². The molecule has 3 heterocycles. The Kier molecular flexibility index (Phi) is 5.77. The monoisotopic (exact) mass is 372 g/mol. The molecule has 1 aliphatic rings. The van der Waals surface area contributed by atoms with Gasteiger partial charge in [0.15, 0.2) is 0 Å². The molecule has 2 N–H and O–H groups in total. The Morgan fingerprint density at radius 2 is 1.93 bits per heavy atom. The predicted molar refractivity (Wildman–Crippen MR) is 97.2 cm³/mol. The maximum Gasteiger partial charge on any atom is 0.339 e. The molecule has 0 aromatic carbocycles. The van der Waals surface area contributed by atoms with Gasteiger partial charge in [0.25, 0.3) is 5.91 Å². The van der Waals surface area contributed by atoms with Gasteiger partial charge in [-0.05, 0) is 6.07 Å². The number of anilines is 2. The molecular formula is C17H20N6O4. The topological polar surface area (TPSA) is 119 Å². The minimum absolute atomic E-state index is 0.152. The summed E-state index contributed by atoms with van der Waals surface area (Å²) in [4.78, 5) is 38.8. The molecule has 0 bridgehead atoms. The lowest BCUT2D eigenvalue weighted by molar-refractivity contribution is 0.0600. The maximum atomic E-state index is 12.6. The zero-order chi connectivity index (χ0) is 19.2. The van der Waals surface area contributed by atoms with Gasteiger partial charge in [0.2, 0.25) is 11.8 Å². The van der Waals surface area contributed by atoms with E-state index in [1.165, 1.54) is 38.7 Å². The third-order valence-corrected chi connectivity index (χ3v) is 3.95. The summed E-state index contributed by atoms with van der Waals surface area (Å²) in [6.07, 6.45) is 2.79.